The largest absolute Gasteiger partial charge is 0.310 e. The van der Waals surface area contributed by atoms with Gasteiger partial charge in [0.05, 0.1) is 5.02 Å². The highest BCUT2D eigenvalue weighted by atomic mass is 35.5. The van der Waals surface area contributed by atoms with E-state index in [1.807, 2.05) is 0 Å². The SMILES string of the molecule is Cl.Fc1c(Cl)ccc(Cl)c1[C@H]1CCN1. The first kappa shape index (κ1) is 12.1. The molecule has 1 fully saturated rings. The lowest BCUT2D eigenvalue weighted by molar-refractivity contribution is 0.370. The first-order valence-electron chi connectivity index (χ1n) is 4.07. The van der Waals surface area contributed by atoms with E-state index in [0.717, 1.165) is 13.0 Å². The van der Waals surface area contributed by atoms with Crippen molar-refractivity contribution in [3.8, 4) is 0 Å². The van der Waals surface area contributed by atoms with Gasteiger partial charge in [-0.15, -0.1) is 12.4 Å². The van der Waals surface area contributed by atoms with Gasteiger partial charge in [-0.1, -0.05) is 23.2 Å². The van der Waals surface area contributed by atoms with Gasteiger partial charge in [0.1, 0.15) is 5.82 Å². The monoisotopic (exact) mass is 255 g/mol. The van der Waals surface area contributed by atoms with Crippen molar-refractivity contribution >= 4 is 35.6 Å². The molecule has 0 amide bonds. The van der Waals surface area contributed by atoms with E-state index < -0.39 is 5.82 Å². The molecule has 1 heterocycles. The Bertz CT molecular complexity index is 339. The van der Waals surface area contributed by atoms with E-state index in [1.54, 1.807) is 6.07 Å². The van der Waals surface area contributed by atoms with Crippen molar-refractivity contribution in [2.24, 2.45) is 0 Å². The Morgan fingerprint density at radius 3 is 2.36 bits per heavy atom. The Morgan fingerprint density at radius 1 is 1.29 bits per heavy atom. The number of halogens is 4. The van der Waals surface area contributed by atoms with Crippen molar-refractivity contribution in [2.45, 2.75) is 12.5 Å². The van der Waals surface area contributed by atoms with Crippen LogP contribution in [0, 0.1) is 5.82 Å². The fourth-order valence-corrected chi connectivity index (χ4v) is 1.84. The number of hydrogen-bond acceptors (Lipinski definition) is 1. The number of benzene rings is 1. The zero-order valence-corrected chi connectivity index (χ0v) is 9.52. The van der Waals surface area contributed by atoms with Crippen LogP contribution in [-0.2, 0) is 0 Å². The quantitative estimate of drug-likeness (QED) is 0.757. The third-order valence-corrected chi connectivity index (χ3v) is 2.87. The van der Waals surface area contributed by atoms with E-state index in [1.165, 1.54) is 6.07 Å². The highest BCUT2D eigenvalue weighted by Crippen LogP contribution is 2.34. The number of rotatable bonds is 1. The minimum atomic E-state index is -0.397. The fraction of sp³-hybridized carbons (Fsp3) is 0.333. The molecule has 0 aliphatic carbocycles. The summed E-state index contributed by atoms with van der Waals surface area (Å²) in [6.45, 7) is 0.910. The van der Waals surface area contributed by atoms with Crippen LogP contribution in [-0.4, -0.2) is 6.54 Å². The van der Waals surface area contributed by atoms with E-state index in [2.05, 4.69) is 5.32 Å². The lowest BCUT2D eigenvalue weighted by Crippen LogP contribution is -2.35. The molecular formula is C9H9Cl3FN. The fourth-order valence-electron chi connectivity index (χ4n) is 1.40. The highest BCUT2D eigenvalue weighted by Gasteiger charge is 2.25. The summed E-state index contributed by atoms with van der Waals surface area (Å²) in [4.78, 5) is 0. The molecule has 0 aromatic heterocycles. The van der Waals surface area contributed by atoms with Crippen molar-refractivity contribution in [1.29, 1.82) is 0 Å². The third-order valence-electron chi connectivity index (χ3n) is 2.25. The molecule has 1 aromatic rings. The summed E-state index contributed by atoms with van der Waals surface area (Å²) in [5.41, 5.74) is 0.500. The van der Waals surface area contributed by atoms with Crippen LogP contribution in [0.15, 0.2) is 12.1 Å². The van der Waals surface area contributed by atoms with E-state index in [-0.39, 0.29) is 23.5 Å². The second kappa shape index (κ2) is 4.67. The second-order valence-corrected chi connectivity index (χ2v) is 3.87. The molecule has 1 aliphatic rings. The molecule has 1 nitrogen and oxygen atoms in total. The molecule has 1 aromatic carbocycles. The van der Waals surface area contributed by atoms with E-state index in [0.29, 0.717) is 10.6 Å². The predicted octanol–water partition coefficient (Wildman–Crippen LogP) is 3.59. The Morgan fingerprint density at radius 2 is 1.86 bits per heavy atom. The molecule has 78 valence electrons. The Labute approximate surface area is 98.0 Å². The maximum absolute atomic E-state index is 13.5. The highest BCUT2D eigenvalue weighted by molar-refractivity contribution is 6.33. The molecule has 0 unspecified atom stereocenters. The van der Waals surface area contributed by atoms with Gasteiger partial charge >= 0.3 is 0 Å². The smallest absolute Gasteiger partial charge is 0.148 e. The van der Waals surface area contributed by atoms with E-state index >= 15 is 0 Å². The van der Waals surface area contributed by atoms with Gasteiger partial charge in [0.25, 0.3) is 0 Å². The maximum Gasteiger partial charge on any atom is 0.148 e. The molecule has 0 radical (unpaired) electrons. The van der Waals surface area contributed by atoms with Crippen LogP contribution >= 0.6 is 35.6 Å². The van der Waals surface area contributed by atoms with E-state index in [9.17, 15) is 4.39 Å². The molecule has 5 heteroatoms. The Kier molecular flexibility index (Phi) is 4.02. The van der Waals surface area contributed by atoms with Crippen molar-refractivity contribution < 1.29 is 4.39 Å². The third kappa shape index (κ3) is 1.98. The van der Waals surface area contributed by atoms with Crippen molar-refractivity contribution in [3.63, 3.8) is 0 Å². The zero-order chi connectivity index (χ0) is 9.42. The summed E-state index contributed by atoms with van der Waals surface area (Å²) in [7, 11) is 0. The van der Waals surface area contributed by atoms with Gasteiger partial charge < -0.3 is 5.32 Å². The first-order valence-corrected chi connectivity index (χ1v) is 4.82. The Hall–Kier alpha value is -0.0200. The van der Waals surface area contributed by atoms with Crippen molar-refractivity contribution in [2.75, 3.05) is 6.54 Å². The molecule has 0 bridgehead atoms. The normalized spacial score (nSPS) is 19.8. The maximum atomic E-state index is 13.5. The molecule has 1 saturated heterocycles. The second-order valence-electron chi connectivity index (χ2n) is 3.05. The molecule has 1 aliphatic heterocycles. The summed E-state index contributed by atoms with van der Waals surface area (Å²) in [5, 5.41) is 3.66. The van der Waals surface area contributed by atoms with Crippen LogP contribution in [0.4, 0.5) is 4.39 Å². The molecule has 0 saturated carbocycles. The molecular weight excluding hydrogens is 247 g/mol. The van der Waals surface area contributed by atoms with Crippen LogP contribution in [0.25, 0.3) is 0 Å². The summed E-state index contributed by atoms with van der Waals surface area (Å²) in [6.07, 6.45) is 0.914. The van der Waals surface area contributed by atoms with Crippen LogP contribution in [0.3, 0.4) is 0 Å². The minimum absolute atomic E-state index is 0. The van der Waals surface area contributed by atoms with Gasteiger partial charge in [0.2, 0.25) is 0 Å². The van der Waals surface area contributed by atoms with Crippen LogP contribution < -0.4 is 5.32 Å². The predicted molar refractivity (Wildman–Crippen MR) is 59.0 cm³/mol. The summed E-state index contributed by atoms with van der Waals surface area (Å²) < 4.78 is 13.5. The van der Waals surface area contributed by atoms with Crippen LogP contribution in [0.2, 0.25) is 10.0 Å². The molecule has 0 spiro atoms. The first-order chi connectivity index (χ1) is 6.20. The molecule has 1 atom stereocenters. The minimum Gasteiger partial charge on any atom is -0.310 e. The summed E-state index contributed by atoms with van der Waals surface area (Å²) >= 11 is 11.5. The lowest BCUT2D eigenvalue weighted by atomic mass is 9.97. The standard InChI is InChI=1S/C9H8Cl2FN.ClH/c10-5-1-2-6(11)9(12)8(5)7-3-4-13-7;/h1-2,7,13H,3-4H2;1H/t7-;/m1./s1. The lowest BCUT2D eigenvalue weighted by Gasteiger charge is -2.29. The number of hydrogen-bond donors (Lipinski definition) is 1. The summed E-state index contributed by atoms with van der Waals surface area (Å²) in [6, 6.07) is 3.13. The van der Waals surface area contributed by atoms with Gasteiger partial charge in [-0.2, -0.15) is 0 Å². The van der Waals surface area contributed by atoms with Gasteiger partial charge in [0.15, 0.2) is 0 Å². The topological polar surface area (TPSA) is 12.0 Å². The zero-order valence-electron chi connectivity index (χ0n) is 7.19. The van der Waals surface area contributed by atoms with E-state index in [4.69, 9.17) is 23.2 Å². The van der Waals surface area contributed by atoms with Crippen molar-refractivity contribution in [3.05, 3.63) is 33.6 Å². The average Bonchev–Trinajstić information content (AvgIpc) is 2.02. The van der Waals surface area contributed by atoms with Gasteiger partial charge in [-0.25, -0.2) is 4.39 Å². The van der Waals surface area contributed by atoms with Crippen molar-refractivity contribution in [1.82, 2.24) is 5.32 Å². The average molecular weight is 257 g/mol. The van der Waals surface area contributed by atoms with Gasteiger partial charge in [0, 0.05) is 16.6 Å². The Balaban J connectivity index is 0.000000980. The van der Waals surface area contributed by atoms with Gasteiger partial charge in [-0.3, -0.25) is 0 Å². The van der Waals surface area contributed by atoms with Crippen LogP contribution in [0.5, 0.6) is 0 Å². The van der Waals surface area contributed by atoms with Crippen LogP contribution in [0.1, 0.15) is 18.0 Å². The van der Waals surface area contributed by atoms with Gasteiger partial charge in [-0.05, 0) is 25.1 Å². The molecule has 14 heavy (non-hydrogen) atoms. The summed E-state index contributed by atoms with van der Waals surface area (Å²) in [5.74, 6) is -0.397. The molecule has 2 rings (SSSR count). The number of nitrogens with one attached hydrogen (secondary N) is 1. The molecule has 1 N–H and O–H groups in total.